The molecule has 2 rings (SSSR count). The average Bonchev–Trinajstić information content (AvgIpc) is 3.00. The predicted octanol–water partition coefficient (Wildman–Crippen LogP) is 1.35. The van der Waals surface area contributed by atoms with Gasteiger partial charge in [-0.05, 0) is 25.1 Å². The van der Waals surface area contributed by atoms with Crippen molar-refractivity contribution in [3.63, 3.8) is 0 Å². The van der Waals surface area contributed by atoms with Crippen molar-refractivity contribution in [1.82, 2.24) is 15.1 Å². The molecular formula is C14H15N3O4. The summed E-state index contributed by atoms with van der Waals surface area (Å²) in [4.78, 5) is 22.5. The molecule has 0 aliphatic heterocycles. The van der Waals surface area contributed by atoms with Gasteiger partial charge in [0.25, 0.3) is 0 Å². The molecular weight excluding hydrogens is 274 g/mol. The fraction of sp³-hybridized carbons (Fsp3) is 0.214. The molecule has 0 spiro atoms. The third-order valence-corrected chi connectivity index (χ3v) is 2.90. The zero-order chi connectivity index (χ0) is 15.4. The Morgan fingerprint density at radius 2 is 2.29 bits per heavy atom. The van der Waals surface area contributed by atoms with Gasteiger partial charge in [-0.15, -0.1) is 0 Å². The molecule has 0 atom stereocenters. The number of aromatic carboxylic acids is 1. The number of carboxylic acids is 1. The number of nitrogens with zero attached hydrogens (tertiary/aromatic N) is 2. The van der Waals surface area contributed by atoms with Crippen molar-refractivity contribution < 1.29 is 19.1 Å². The van der Waals surface area contributed by atoms with Crippen molar-refractivity contribution in [2.24, 2.45) is 7.05 Å². The number of aryl methyl sites for hydroxylation is 2. The van der Waals surface area contributed by atoms with Crippen molar-refractivity contribution >= 4 is 18.0 Å². The normalized spacial score (nSPS) is 11.0. The van der Waals surface area contributed by atoms with E-state index in [4.69, 9.17) is 9.52 Å². The van der Waals surface area contributed by atoms with E-state index in [9.17, 15) is 9.59 Å². The second-order valence-corrected chi connectivity index (χ2v) is 4.42. The number of carboxylic acid groups (broad SMARTS) is 1. The molecule has 1 amide bonds. The quantitative estimate of drug-likeness (QED) is 0.810. The van der Waals surface area contributed by atoms with Gasteiger partial charge in [0, 0.05) is 19.3 Å². The van der Waals surface area contributed by atoms with E-state index in [0.717, 1.165) is 5.69 Å². The Morgan fingerprint density at radius 1 is 1.52 bits per heavy atom. The molecule has 2 heterocycles. The fourth-order valence-electron chi connectivity index (χ4n) is 1.79. The number of aromatic nitrogens is 2. The highest BCUT2D eigenvalue weighted by molar-refractivity contribution is 5.91. The molecule has 0 aliphatic carbocycles. The van der Waals surface area contributed by atoms with Crippen molar-refractivity contribution in [2.75, 3.05) is 0 Å². The number of rotatable bonds is 5. The molecule has 7 heteroatoms. The molecule has 21 heavy (non-hydrogen) atoms. The molecule has 0 saturated carbocycles. The summed E-state index contributed by atoms with van der Waals surface area (Å²) in [5.41, 5.74) is 0.900. The molecule has 0 radical (unpaired) electrons. The number of carbonyl (C=O) groups excluding carboxylic acids is 1. The number of hydrogen-bond donors (Lipinski definition) is 2. The summed E-state index contributed by atoms with van der Waals surface area (Å²) in [5, 5.41) is 15.5. The zero-order valence-corrected chi connectivity index (χ0v) is 11.7. The van der Waals surface area contributed by atoms with Gasteiger partial charge < -0.3 is 14.8 Å². The minimum absolute atomic E-state index is 0.102. The Labute approximate surface area is 120 Å². The van der Waals surface area contributed by atoms with Crippen LogP contribution in [0.15, 0.2) is 28.8 Å². The molecule has 0 aromatic carbocycles. The van der Waals surface area contributed by atoms with Crippen LogP contribution in [0.1, 0.15) is 27.6 Å². The Balaban J connectivity index is 1.92. The van der Waals surface area contributed by atoms with Crippen LogP contribution in [0.3, 0.4) is 0 Å². The lowest BCUT2D eigenvalue weighted by molar-refractivity contribution is -0.116. The first kappa shape index (κ1) is 14.6. The van der Waals surface area contributed by atoms with Crippen LogP contribution in [0, 0.1) is 6.92 Å². The Morgan fingerprint density at radius 3 is 2.86 bits per heavy atom. The molecule has 0 unspecified atom stereocenters. The first-order valence-electron chi connectivity index (χ1n) is 6.24. The SMILES string of the molecule is Cc1oc(CNC(=O)/C=C/c2ccnn2C)cc1C(=O)O. The van der Waals surface area contributed by atoms with E-state index in [1.165, 1.54) is 12.1 Å². The minimum Gasteiger partial charge on any atom is -0.478 e. The lowest BCUT2D eigenvalue weighted by Crippen LogP contribution is -2.19. The molecule has 110 valence electrons. The highest BCUT2D eigenvalue weighted by Crippen LogP contribution is 2.14. The second kappa shape index (κ2) is 6.08. The van der Waals surface area contributed by atoms with Crippen LogP contribution in [0.5, 0.6) is 0 Å². The maximum atomic E-state index is 11.7. The van der Waals surface area contributed by atoms with E-state index in [1.54, 1.807) is 37.0 Å². The second-order valence-electron chi connectivity index (χ2n) is 4.42. The van der Waals surface area contributed by atoms with Crippen LogP contribution >= 0.6 is 0 Å². The third kappa shape index (κ3) is 3.59. The minimum atomic E-state index is -1.05. The summed E-state index contributed by atoms with van der Waals surface area (Å²) in [6.45, 7) is 1.69. The molecule has 2 N–H and O–H groups in total. The Kier molecular flexibility index (Phi) is 4.22. The van der Waals surface area contributed by atoms with Gasteiger partial charge in [-0.2, -0.15) is 5.10 Å². The highest BCUT2D eigenvalue weighted by atomic mass is 16.4. The van der Waals surface area contributed by atoms with Gasteiger partial charge in [0.05, 0.1) is 12.2 Å². The van der Waals surface area contributed by atoms with Gasteiger partial charge in [0.2, 0.25) is 5.91 Å². The van der Waals surface area contributed by atoms with E-state index < -0.39 is 5.97 Å². The fourth-order valence-corrected chi connectivity index (χ4v) is 1.79. The predicted molar refractivity (Wildman–Crippen MR) is 74.5 cm³/mol. The van der Waals surface area contributed by atoms with E-state index >= 15 is 0 Å². The lowest BCUT2D eigenvalue weighted by atomic mass is 10.2. The molecule has 0 bridgehead atoms. The van der Waals surface area contributed by atoms with Gasteiger partial charge in [0.15, 0.2) is 0 Å². The number of amides is 1. The molecule has 2 aromatic heterocycles. The topological polar surface area (TPSA) is 97.4 Å². The van der Waals surface area contributed by atoms with Crippen LogP contribution < -0.4 is 5.32 Å². The summed E-state index contributed by atoms with van der Waals surface area (Å²) in [6.07, 6.45) is 4.65. The maximum absolute atomic E-state index is 11.7. The lowest BCUT2D eigenvalue weighted by Gasteiger charge is -1.98. The van der Waals surface area contributed by atoms with Gasteiger partial charge in [-0.25, -0.2) is 4.79 Å². The smallest absolute Gasteiger partial charge is 0.339 e. The van der Waals surface area contributed by atoms with Gasteiger partial charge >= 0.3 is 5.97 Å². The van der Waals surface area contributed by atoms with Crippen molar-refractivity contribution in [1.29, 1.82) is 0 Å². The summed E-state index contributed by atoms with van der Waals surface area (Å²) in [7, 11) is 1.77. The summed E-state index contributed by atoms with van der Waals surface area (Å²) in [5.74, 6) is -0.642. The molecule has 7 nitrogen and oxygen atoms in total. The van der Waals surface area contributed by atoms with Gasteiger partial charge in [0.1, 0.15) is 17.1 Å². The van der Waals surface area contributed by atoms with Crippen molar-refractivity contribution in [3.8, 4) is 0 Å². The standard InChI is InChI=1S/C14H15N3O4/c1-9-12(14(19)20)7-11(21-9)8-15-13(18)4-3-10-5-6-16-17(10)2/h3-7H,8H2,1-2H3,(H,15,18)(H,19,20)/b4-3+. The van der Waals surface area contributed by atoms with E-state index in [2.05, 4.69) is 10.4 Å². The van der Waals surface area contributed by atoms with Crippen LogP contribution in [0.25, 0.3) is 6.08 Å². The molecule has 2 aromatic rings. The van der Waals surface area contributed by atoms with Crippen LogP contribution in [-0.4, -0.2) is 26.8 Å². The van der Waals surface area contributed by atoms with Crippen LogP contribution in [0.2, 0.25) is 0 Å². The van der Waals surface area contributed by atoms with Gasteiger partial charge in [-0.3, -0.25) is 9.48 Å². The van der Waals surface area contributed by atoms with E-state index in [0.29, 0.717) is 11.5 Å². The van der Waals surface area contributed by atoms with Crippen LogP contribution in [0.4, 0.5) is 0 Å². The van der Waals surface area contributed by atoms with Crippen molar-refractivity contribution in [2.45, 2.75) is 13.5 Å². The average molecular weight is 289 g/mol. The molecule has 0 saturated heterocycles. The largest absolute Gasteiger partial charge is 0.478 e. The molecule has 0 fully saturated rings. The third-order valence-electron chi connectivity index (χ3n) is 2.90. The Hall–Kier alpha value is -2.83. The first-order valence-corrected chi connectivity index (χ1v) is 6.24. The highest BCUT2D eigenvalue weighted by Gasteiger charge is 2.13. The zero-order valence-electron chi connectivity index (χ0n) is 11.7. The number of furan rings is 1. The van der Waals surface area contributed by atoms with Crippen LogP contribution in [-0.2, 0) is 18.4 Å². The summed E-state index contributed by atoms with van der Waals surface area (Å²) in [6, 6.07) is 3.18. The van der Waals surface area contributed by atoms with Gasteiger partial charge in [-0.1, -0.05) is 0 Å². The van der Waals surface area contributed by atoms with Crippen molar-refractivity contribution in [3.05, 3.63) is 47.2 Å². The summed E-state index contributed by atoms with van der Waals surface area (Å²) < 4.78 is 6.90. The first-order chi connectivity index (χ1) is 9.97. The maximum Gasteiger partial charge on any atom is 0.339 e. The molecule has 0 aliphatic rings. The Bertz CT molecular complexity index is 697. The number of carbonyl (C=O) groups is 2. The van der Waals surface area contributed by atoms with E-state index in [1.807, 2.05) is 0 Å². The number of hydrogen-bond acceptors (Lipinski definition) is 4. The monoisotopic (exact) mass is 289 g/mol. The van der Waals surface area contributed by atoms with E-state index in [-0.39, 0.29) is 18.0 Å². The number of nitrogens with one attached hydrogen (secondary N) is 1. The summed E-state index contributed by atoms with van der Waals surface area (Å²) >= 11 is 0.